The minimum Gasteiger partial charge on any atom is -0.507 e. The largest absolute Gasteiger partial charge is 0.507 e. The minimum absolute atomic E-state index is 0.00688. The number of aromatic hydroxyl groups is 1. The third-order valence-electron chi connectivity index (χ3n) is 4.14. The summed E-state index contributed by atoms with van der Waals surface area (Å²) in [6, 6.07) is 19.3. The fourth-order valence-corrected chi connectivity index (χ4v) is 5.41. The highest BCUT2D eigenvalue weighted by atomic mass is 35.5. The van der Waals surface area contributed by atoms with Crippen molar-refractivity contribution < 1.29 is 14.5 Å². The molecule has 0 heterocycles. The number of hydrogen-bond donors (Lipinski definition) is 1. The van der Waals surface area contributed by atoms with Crippen molar-refractivity contribution in [2.75, 3.05) is 0 Å². The van der Waals surface area contributed by atoms with Gasteiger partial charge in [0.25, 0.3) is 7.29 Å². The van der Waals surface area contributed by atoms with E-state index >= 15 is 0 Å². The van der Waals surface area contributed by atoms with Gasteiger partial charge in [0.1, 0.15) is 5.75 Å². The molecule has 1 amide bonds. The van der Waals surface area contributed by atoms with E-state index in [0.717, 1.165) is 4.78 Å². The van der Waals surface area contributed by atoms with Gasteiger partial charge in [0, 0.05) is 33.1 Å². The molecule has 0 spiro atoms. The van der Waals surface area contributed by atoms with Crippen molar-refractivity contribution in [2.24, 2.45) is 5.10 Å². The Bertz CT molecular complexity index is 1050. The van der Waals surface area contributed by atoms with Crippen LogP contribution >= 0.6 is 30.5 Å². The van der Waals surface area contributed by atoms with E-state index in [0.29, 0.717) is 26.2 Å². The molecule has 0 saturated heterocycles. The van der Waals surface area contributed by atoms with Gasteiger partial charge in [0.15, 0.2) is 0 Å². The molecule has 0 unspecified atom stereocenters. The first-order valence-electron chi connectivity index (χ1n) is 8.58. The summed E-state index contributed by atoms with van der Waals surface area (Å²) in [7, 11) is -3.70. The van der Waals surface area contributed by atoms with Crippen LogP contribution in [0.25, 0.3) is 0 Å². The summed E-state index contributed by atoms with van der Waals surface area (Å²) in [6.07, 6.45) is 1.30. The monoisotopic (exact) mass is 446 g/mol. The lowest BCUT2D eigenvalue weighted by atomic mass is 10.2. The van der Waals surface area contributed by atoms with Crippen LogP contribution in [0.2, 0.25) is 10.0 Å². The summed E-state index contributed by atoms with van der Waals surface area (Å²) in [5.74, 6) is -0.530. The second kappa shape index (κ2) is 8.83. The smallest absolute Gasteiger partial charge is 0.251 e. The molecule has 3 aromatic rings. The number of benzene rings is 3. The molecule has 0 bridgehead atoms. The Labute approximate surface area is 178 Å². The Morgan fingerprint density at radius 1 is 0.931 bits per heavy atom. The van der Waals surface area contributed by atoms with Crippen molar-refractivity contribution in [1.82, 2.24) is 4.78 Å². The molecule has 3 rings (SSSR count). The molecule has 8 heteroatoms. The number of carbonyl (C=O) groups is 1. The van der Waals surface area contributed by atoms with E-state index in [1.54, 1.807) is 66.7 Å². The number of halogens is 2. The number of rotatable bonds is 5. The minimum atomic E-state index is -3.70. The van der Waals surface area contributed by atoms with E-state index < -0.39 is 13.2 Å². The van der Waals surface area contributed by atoms with Gasteiger partial charge < -0.3 is 5.11 Å². The molecule has 29 heavy (non-hydrogen) atoms. The molecule has 0 aliphatic carbocycles. The number of amides is 1. The van der Waals surface area contributed by atoms with Crippen molar-refractivity contribution in [3.05, 3.63) is 88.4 Å². The molecule has 3 aromatic carbocycles. The van der Waals surface area contributed by atoms with Crippen molar-refractivity contribution in [2.45, 2.75) is 6.92 Å². The summed E-state index contributed by atoms with van der Waals surface area (Å²) >= 11 is 12.0. The summed E-state index contributed by atoms with van der Waals surface area (Å²) < 4.78 is 15.3. The number of para-hydroxylation sites is 1. The van der Waals surface area contributed by atoms with Gasteiger partial charge in [-0.3, -0.25) is 9.36 Å². The Kier molecular flexibility index (Phi) is 6.43. The molecule has 0 saturated carbocycles. The normalized spacial score (nSPS) is 11.6. The molecule has 0 aromatic heterocycles. The maximum atomic E-state index is 14.3. The van der Waals surface area contributed by atoms with Gasteiger partial charge in [-0.1, -0.05) is 35.3 Å². The SMILES string of the molecule is CC(=O)N(/N=C\c1ccccc1O)P(=O)(c1ccc(Cl)cc1)c1ccc(Cl)cc1. The van der Waals surface area contributed by atoms with Gasteiger partial charge in [-0.05, 0) is 60.7 Å². The van der Waals surface area contributed by atoms with Gasteiger partial charge in [-0.2, -0.15) is 9.88 Å². The summed E-state index contributed by atoms with van der Waals surface area (Å²) in [5.41, 5.74) is 0.387. The predicted octanol–water partition coefficient (Wildman–Crippen LogP) is 4.81. The van der Waals surface area contributed by atoms with Crippen LogP contribution in [0.3, 0.4) is 0 Å². The first-order chi connectivity index (χ1) is 13.8. The molecule has 1 N–H and O–H groups in total. The van der Waals surface area contributed by atoms with Crippen molar-refractivity contribution in [1.29, 1.82) is 0 Å². The maximum absolute atomic E-state index is 14.3. The average Bonchev–Trinajstić information content (AvgIpc) is 2.70. The van der Waals surface area contributed by atoms with Crippen LogP contribution in [0.1, 0.15) is 12.5 Å². The van der Waals surface area contributed by atoms with Crippen molar-refractivity contribution in [3.63, 3.8) is 0 Å². The molecule has 148 valence electrons. The molecule has 0 aliphatic heterocycles. The van der Waals surface area contributed by atoms with Crippen LogP contribution in [0.4, 0.5) is 0 Å². The molecule has 0 radical (unpaired) electrons. The summed E-state index contributed by atoms with van der Waals surface area (Å²) in [5, 5.41) is 15.9. The number of phenols is 1. The Hall–Kier alpha value is -2.59. The van der Waals surface area contributed by atoms with Gasteiger partial charge >= 0.3 is 0 Å². The van der Waals surface area contributed by atoms with Crippen LogP contribution in [0, 0.1) is 0 Å². The standard InChI is InChI=1S/C21H17Cl2N2O3P/c1-15(26)25(24-14-16-4-2-3-5-21(16)27)29(28,19-10-6-17(22)7-11-19)20-12-8-18(23)9-13-20/h2-14,27H,1H3/b24-14-. The van der Waals surface area contributed by atoms with E-state index in [4.69, 9.17) is 23.2 Å². The van der Waals surface area contributed by atoms with Crippen LogP contribution in [-0.2, 0) is 9.36 Å². The lowest BCUT2D eigenvalue weighted by Crippen LogP contribution is -2.32. The van der Waals surface area contributed by atoms with Crippen LogP contribution in [0.5, 0.6) is 5.75 Å². The molecule has 0 fully saturated rings. The Morgan fingerprint density at radius 2 is 1.41 bits per heavy atom. The van der Waals surface area contributed by atoms with E-state index in [-0.39, 0.29) is 5.75 Å². The van der Waals surface area contributed by atoms with Crippen molar-refractivity contribution in [3.8, 4) is 5.75 Å². The van der Waals surface area contributed by atoms with Gasteiger partial charge in [-0.25, -0.2) is 0 Å². The molecule has 5 nitrogen and oxygen atoms in total. The van der Waals surface area contributed by atoms with E-state index in [2.05, 4.69) is 5.10 Å². The number of nitrogens with zero attached hydrogens (tertiary/aromatic N) is 2. The van der Waals surface area contributed by atoms with Gasteiger partial charge in [0.05, 0.1) is 6.21 Å². The first-order valence-corrected chi connectivity index (χ1v) is 11.0. The topological polar surface area (TPSA) is 70.0 Å². The average molecular weight is 447 g/mol. The maximum Gasteiger partial charge on any atom is 0.251 e. The second-order valence-corrected chi connectivity index (χ2v) is 9.58. The Morgan fingerprint density at radius 3 is 1.86 bits per heavy atom. The number of hydrazone groups is 1. The lowest BCUT2D eigenvalue weighted by Gasteiger charge is -2.27. The summed E-state index contributed by atoms with van der Waals surface area (Å²) in [4.78, 5) is 12.5. The number of carbonyl (C=O) groups excluding carboxylic acids is 1. The van der Waals surface area contributed by atoms with E-state index in [1.165, 1.54) is 19.2 Å². The van der Waals surface area contributed by atoms with E-state index in [9.17, 15) is 14.5 Å². The zero-order valence-corrected chi connectivity index (χ0v) is 17.8. The second-order valence-electron chi connectivity index (χ2n) is 6.14. The van der Waals surface area contributed by atoms with Gasteiger partial charge in [0.2, 0.25) is 5.91 Å². The predicted molar refractivity (Wildman–Crippen MR) is 118 cm³/mol. The lowest BCUT2D eigenvalue weighted by molar-refractivity contribution is -0.124. The number of phenolic OH excluding ortho intramolecular Hbond substituents is 1. The highest BCUT2D eigenvalue weighted by Gasteiger charge is 2.37. The molecule has 0 atom stereocenters. The molecular weight excluding hydrogens is 430 g/mol. The van der Waals surface area contributed by atoms with E-state index in [1.807, 2.05) is 0 Å². The fraction of sp³-hybridized carbons (Fsp3) is 0.0476. The number of hydrogen-bond acceptors (Lipinski definition) is 4. The van der Waals surface area contributed by atoms with Gasteiger partial charge in [-0.15, -0.1) is 0 Å². The fourth-order valence-electron chi connectivity index (χ4n) is 2.72. The highest BCUT2D eigenvalue weighted by Crippen LogP contribution is 2.48. The molecular formula is C21H17Cl2N2O3P. The first kappa shape index (κ1) is 21.1. The zero-order valence-electron chi connectivity index (χ0n) is 15.4. The van der Waals surface area contributed by atoms with Crippen molar-refractivity contribution >= 4 is 53.2 Å². The summed E-state index contributed by atoms with van der Waals surface area (Å²) in [6.45, 7) is 1.28. The van der Waals surface area contributed by atoms with Crippen LogP contribution < -0.4 is 10.6 Å². The highest BCUT2D eigenvalue weighted by molar-refractivity contribution is 7.77. The Balaban J connectivity index is 2.17. The van der Waals surface area contributed by atoms with Crippen LogP contribution in [-0.4, -0.2) is 22.0 Å². The third-order valence-corrected chi connectivity index (χ3v) is 7.56. The zero-order chi connectivity index (χ0) is 21.0. The quantitative estimate of drug-likeness (QED) is 0.347. The molecule has 0 aliphatic rings. The third kappa shape index (κ3) is 4.54. The van der Waals surface area contributed by atoms with Crippen LogP contribution in [0.15, 0.2) is 77.9 Å².